The Balaban J connectivity index is 1.63. The molecule has 1 amide bonds. The fraction of sp³-hybridized carbons (Fsp3) is 0.0476. The fourth-order valence-corrected chi connectivity index (χ4v) is 3.00. The molecule has 0 radical (unpaired) electrons. The number of amides is 1. The van der Waals surface area contributed by atoms with Crippen LogP contribution in [-0.2, 0) is 6.54 Å². The first-order valence-corrected chi connectivity index (χ1v) is 9.02. The first kappa shape index (κ1) is 17.9. The summed E-state index contributed by atoms with van der Waals surface area (Å²) in [5.41, 5.74) is 4.01. The Morgan fingerprint density at radius 2 is 1.82 bits per heavy atom. The van der Waals surface area contributed by atoms with Crippen molar-refractivity contribution in [1.82, 2.24) is 25.1 Å². The second kappa shape index (κ2) is 8.02. The van der Waals surface area contributed by atoms with Crippen LogP contribution in [0.5, 0.6) is 0 Å². The second-order valence-electron chi connectivity index (χ2n) is 6.07. The highest BCUT2D eigenvalue weighted by Gasteiger charge is 2.14. The van der Waals surface area contributed by atoms with Crippen LogP contribution >= 0.6 is 11.6 Å². The van der Waals surface area contributed by atoms with Gasteiger partial charge < -0.3 is 5.32 Å². The Bertz CT molecular complexity index is 1100. The molecule has 4 aromatic rings. The van der Waals surface area contributed by atoms with Crippen molar-refractivity contribution >= 4 is 17.5 Å². The van der Waals surface area contributed by atoms with Crippen molar-refractivity contribution in [3.05, 3.63) is 95.7 Å². The van der Waals surface area contributed by atoms with E-state index in [4.69, 9.17) is 16.7 Å². The molecule has 28 heavy (non-hydrogen) atoms. The summed E-state index contributed by atoms with van der Waals surface area (Å²) in [6, 6.07) is 16.8. The Labute approximate surface area is 166 Å². The molecule has 1 aromatic carbocycles. The molecule has 7 heteroatoms. The van der Waals surface area contributed by atoms with Crippen molar-refractivity contribution < 1.29 is 4.79 Å². The van der Waals surface area contributed by atoms with E-state index < -0.39 is 0 Å². The van der Waals surface area contributed by atoms with Gasteiger partial charge in [0.25, 0.3) is 5.91 Å². The summed E-state index contributed by atoms with van der Waals surface area (Å²) in [5, 5.41) is 7.92. The Morgan fingerprint density at radius 1 is 1.04 bits per heavy atom. The first-order valence-electron chi connectivity index (χ1n) is 8.65. The maximum atomic E-state index is 12.5. The molecule has 0 aliphatic rings. The maximum absolute atomic E-state index is 12.5. The number of carbonyl (C=O) groups is 1. The van der Waals surface area contributed by atoms with Crippen LogP contribution < -0.4 is 5.32 Å². The summed E-state index contributed by atoms with van der Waals surface area (Å²) in [4.78, 5) is 20.4. The average Bonchev–Trinajstić information content (AvgIpc) is 3.17. The minimum absolute atomic E-state index is 0.225. The van der Waals surface area contributed by atoms with Crippen LogP contribution in [0.3, 0.4) is 0 Å². The number of rotatable bonds is 5. The van der Waals surface area contributed by atoms with E-state index in [0.29, 0.717) is 12.1 Å². The van der Waals surface area contributed by atoms with Gasteiger partial charge in [0, 0.05) is 48.0 Å². The summed E-state index contributed by atoms with van der Waals surface area (Å²) < 4.78 is 1.81. The monoisotopic (exact) mass is 389 g/mol. The number of halogens is 1. The van der Waals surface area contributed by atoms with Crippen LogP contribution in [-0.4, -0.2) is 25.7 Å². The van der Waals surface area contributed by atoms with Gasteiger partial charge in [-0.3, -0.25) is 9.78 Å². The molecule has 3 aromatic heterocycles. The van der Waals surface area contributed by atoms with Crippen LogP contribution in [0.25, 0.3) is 16.9 Å². The lowest BCUT2D eigenvalue weighted by Crippen LogP contribution is -2.22. The first-order chi connectivity index (χ1) is 13.7. The third-order valence-electron chi connectivity index (χ3n) is 4.19. The average molecular weight is 390 g/mol. The zero-order valence-electron chi connectivity index (χ0n) is 14.8. The van der Waals surface area contributed by atoms with Crippen LogP contribution in [0.15, 0.2) is 79.4 Å². The molecule has 0 atom stereocenters. The zero-order valence-corrected chi connectivity index (χ0v) is 15.5. The number of nitrogens with one attached hydrogen (secondary N) is 1. The van der Waals surface area contributed by atoms with E-state index in [2.05, 4.69) is 15.3 Å². The number of hydrogen-bond acceptors (Lipinski definition) is 4. The van der Waals surface area contributed by atoms with Gasteiger partial charge in [-0.05, 0) is 36.4 Å². The highest BCUT2D eigenvalue weighted by Crippen LogP contribution is 2.23. The highest BCUT2D eigenvalue weighted by molar-refractivity contribution is 6.29. The molecule has 138 valence electrons. The van der Waals surface area contributed by atoms with Crippen molar-refractivity contribution in [3.63, 3.8) is 0 Å². The zero-order chi connectivity index (χ0) is 19.3. The third-order valence-corrected chi connectivity index (χ3v) is 4.40. The molecule has 0 spiro atoms. The van der Waals surface area contributed by atoms with Crippen LogP contribution in [0.4, 0.5) is 0 Å². The molecule has 0 bridgehead atoms. The molecular weight excluding hydrogens is 374 g/mol. The number of pyridine rings is 2. The molecule has 0 aliphatic carbocycles. The van der Waals surface area contributed by atoms with Gasteiger partial charge in [0.05, 0.1) is 11.4 Å². The molecule has 0 aliphatic heterocycles. The molecule has 6 nitrogen and oxygen atoms in total. The van der Waals surface area contributed by atoms with E-state index in [0.717, 1.165) is 22.5 Å². The molecule has 1 N–H and O–H groups in total. The maximum Gasteiger partial charge on any atom is 0.251 e. The number of aromatic nitrogens is 4. The molecule has 0 fully saturated rings. The quantitative estimate of drug-likeness (QED) is 0.525. The Hall–Kier alpha value is -3.51. The summed E-state index contributed by atoms with van der Waals surface area (Å²) in [5.74, 6) is -0.225. The van der Waals surface area contributed by atoms with Gasteiger partial charge in [0.2, 0.25) is 0 Å². The predicted molar refractivity (Wildman–Crippen MR) is 107 cm³/mol. The van der Waals surface area contributed by atoms with Crippen molar-refractivity contribution in [1.29, 1.82) is 0 Å². The lowest BCUT2D eigenvalue weighted by atomic mass is 10.1. The number of hydrogen-bond donors (Lipinski definition) is 1. The predicted octanol–water partition coefficient (Wildman–Crippen LogP) is 3.91. The minimum Gasteiger partial charge on any atom is -0.348 e. The smallest absolute Gasteiger partial charge is 0.251 e. The Kier molecular flexibility index (Phi) is 5.12. The molecular formula is C21H16ClN5O. The largest absolute Gasteiger partial charge is 0.348 e. The fourth-order valence-electron chi connectivity index (χ4n) is 2.83. The van der Waals surface area contributed by atoms with E-state index >= 15 is 0 Å². The summed E-state index contributed by atoms with van der Waals surface area (Å²) >= 11 is 5.87. The van der Waals surface area contributed by atoms with Gasteiger partial charge >= 0.3 is 0 Å². The van der Waals surface area contributed by atoms with E-state index in [-0.39, 0.29) is 11.1 Å². The van der Waals surface area contributed by atoms with Gasteiger partial charge in [0.1, 0.15) is 5.15 Å². The molecule has 0 saturated heterocycles. The SMILES string of the molecule is O=C(NCc1cn(-c2ccccc2)nc1-c1ccncc1)c1ccnc(Cl)c1. The van der Waals surface area contributed by atoms with E-state index in [9.17, 15) is 4.79 Å². The summed E-state index contributed by atoms with van der Waals surface area (Å²) in [6.07, 6.45) is 6.87. The van der Waals surface area contributed by atoms with Crippen molar-refractivity contribution in [3.8, 4) is 16.9 Å². The lowest BCUT2D eigenvalue weighted by molar-refractivity contribution is 0.0951. The van der Waals surface area contributed by atoms with E-state index in [1.54, 1.807) is 23.1 Å². The minimum atomic E-state index is -0.225. The van der Waals surface area contributed by atoms with E-state index in [1.165, 1.54) is 12.3 Å². The Morgan fingerprint density at radius 3 is 2.57 bits per heavy atom. The number of benzene rings is 1. The van der Waals surface area contributed by atoms with Gasteiger partial charge in [0.15, 0.2) is 0 Å². The molecule has 0 unspecified atom stereocenters. The topological polar surface area (TPSA) is 72.7 Å². The number of para-hydroxylation sites is 1. The van der Waals surface area contributed by atoms with Crippen molar-refractivity contribution in [2.45, 2.75) is 6.54 Å². The number of carbonyl (C=O) groups excluding carboxylic acids is 1. The van der Waals surface area contributed by atoms with Gasteiger partial charge in [-0.1, -0.05) is 29.8 Å². The molecule has 3 heterocycles. The third kappa shape index (κ3) is 3.92. The van der Waals surface area contributed by atoms with Crippen LogP contribution in [0, 0.1) is 0 Å². The van der Waals surface area contributed by atoms with Gasteiger partial charge in [-0.25, -0.2) is 9.67 Å². The summed E-state index contributed by atoms with van der Waals surface area (Å²) in [7, 11) is 0. The van der Waals surface area contributed by atoms with Gasteiger partial charge in [-0.2, -0.15) is 5.10 Å². The molecule has 0 saturated carbocycles. The standard InChI is InChI=1S/C21H16ClN5O/c22-19-12-16(8-11-24-19)21(28)25-13-17-14-27(18-4-2-1-3-5-18)26-20(17)15-6-9-23-10-7-15/h1-12,14H,13H2,(H,25,28). The lowest BCUT2D eigenvalue weighted by Gasteiger charge is -2.06. The van der Waals surface area contributed by atoms with Crippen molar-refractivity contribution in [2.24, 2.45) is 0 Å². The summed E-state index contributed by atoms with van der Waals surface area (Å²) in [6.45, 7) is 0.323. The molecule has 4 rings (SSSR count). The van der Waals surface area contributed by atoms with Crippen LogP contribution in [0.2, 0.25) is 5.15 Å². The van der Waals surface area contributed by atoms with E-state index in [1.807, 2.05) is 48.7 Å². The van der Waals surface area contributed by atoms with Crippen molar-refractivity contribution in [2.75, 3.05) is 0 Å². The van der Waals surface area contributed by atoms with Gasteiger partial charge in [-0.15, -0.1) is 0 Å². The second-order valence-corrected chi connectivity index (χ2v) is 6.46. The normalized spacial score (nSPS) is 10.6. The number of nitrogens with zero attached hydrogens (tertiary/aromatic N) is 4. The highest BCUT2D eigenvalue weighted by atomic mass is 35.5. The van der Waals surface area contributed by atoms with Crippen LogP contribution in [0.1, 0.15) is 15.9 Å².